The molecule has 0 spiro atoms. The molecule has 106 valence electrons. The smallest absolute Gasteiger partial charge is 0.119 e. The molecular formula is C16H19BrO2Si. The Balaban J connectivity index is 2.18. The first-order chi connectivity index (χ1) is 9.60. The van der Waals surface area contributed by atoms with Crippen LogP contribution in [0.25, 0.3) is 0 Å². The summed E-state index contributed by atoms with van der Waals surface area (Å²) in [6.45, 7) is 4.64. The lowest BCUT2D eigenvalue weighted by Gasteiger charge is -2.22. The normalized spacial score (nSPS) is 12.4. The van der Waals surface area contributed by atoms with Crippen LogP contribution in [-0.4, -0.2) is 13.9 Å². The molecule has 2 aromatic carbocycles. The highest BCUT2D eigenvalue weighted by Gasteiger charge is 2.18. The van der Waals surface area contributed by atoms with Gasteiger partial charge in [-0.2, -0.15) is 0 Å². The van der Waals surface area contributed by atoms with Crippen molar-refractivity contribution in [2.24, 2.45) is 0 Å². The molecule has 0 aliphatic heterocycles. The lowest BCUT2D eigenvalue weighted by Crippen LogP contribution is -2.22. The fraction of sp³-hybridized carbons (Fsp3) is 0.250. The Labute approximate surface area is 130 Å². The number of rotatable bonds is 5. The molecule has 1 unspecified atom stereocenters. The van der Waals surface area contributed by atoms with Crippen molar-refractivity contribution in [2.75, 3.05) is 0 Å². The van der Waals surface area contributed by atoms with Gasteiger partial charge in [0, 0.05) is 4.47 Å². The van der Waals surface area contributed by atoms with E-state index in [9.17, 15) is 0 Å². The van der Waals surface area contributed by atoms with Gasteiger partial charge >= 0.3 is 0 Å². The second-order valence-corrected chi connectivity index (χ2v) is 9.15. The molecule has 0 saturated heterocycles. The molecule has 2 aromatic rings. The van der Waals surface area contributed by atoms with E-state index in [1.165, 1.54) is 5.56 Å². The fourth-order valence-electron chi connectivity index (χ4n) is 2.06. The van der Waals surface area contributed by atoms with E-state index >= 15 is 0 Å². The van der Waals surface area contributed by atoms with Gasteiger partial charge in [0.15, 0.2) is 0 Å². The van der Waals surface area contributed by atoms with Crippen LogP contribution in [0.1, 0.15) is 16.9 Å². The number of ether oxygens (including phenoxy) is 1. The summed E-state index contributed by atoms with van der Waals surface area (Å²) < 4.78 is 7.25. The van der Waals surface area contributed by atoms with Crippen molar-refractivity contribution in [1.82, 2.24) is 0 Å². The van der Waals surface area contributed by atoms with E-state index in [4.69, 9.17) is 9.84 Å². The SMILES string of the molecule is C[SiH](C)C(Oc1ccc(CO)cc1)c1ccc(Br)cc1. The molecule has 1 atom stereocenters. The van der Waals surface area contributed by atoms with Gasteiger partial charge in [0.2, 0.25) is 0 Å². The Morgan fingerprint density at radius 3 is 2.15 bits per heavy atom. The van der Waals surface area contributed by atoms with Crippen LogP contribution in [0.5, 0.6) is 5.75 Å². The van der Waals surface area contributed by atoms with Crippen molar-refractivity contribution in [2.45, 2.75) is 25.4 Å². The second-order valence-electron chi connectivity index (χ2n) is 5.14. The van der Waals surface area contributed by atoms with Gasteiger partial charge in [0.05, 0.1) is 15.4 Å². The molecule has 0 saturated carbocycles. The molecule has 0 aliphatic carbocycles. The lowest BCUT2D eigenvalue weighted by atomic mass is 10.2. The molecule has 0 fully saturated rings. The topological polar surface area (TPSA) is 29.5 Å². The maximum absolute atomic E-state index is 9.06. The zero-order valence-corrected chi connectivity index (χ0v) is 14.5. The molecule has 20 heavy (non-hydrogen) atoms. The molecule has 0 amide bonds. The summed E-state index contributed by atoms with van der Waals surface area (Å²) in [5, 5.41) is 9.06. The number of aliphatic hydroxyl groups excluding tert-OH is 1. The number of benzene rings is 2. The Hall–Kier alpha value is -1.10. The van der Waals surface area contributed by atoms with Crippen molar-refractivity contribution in [3.63, 3.8) is 0 Å². The summed E-state index contributed by atoms with van der Waals surface area (Å²) in [6.07, 6.45) is 0. The second kappa shape index (κ2) is 7.06. The fourth-order valence-corrected chi connectivity index (χ4v) is 3.75. The van der Waals surface area contributed by atoms with Crippen LogP contribution in [0.3, 0.4) is 0 Å². The van der Waals surface area contributed by atoms with E-state index < -0.39 is 8.80 Å². The highest BCUT2D eigenvalue weighted by molar-refractivity contribution is 9.10. The first-order valence-corrected chi connectivity index (χ1v) is 10.5. The third kappa shape index (κ3) is 3.95. The van der Waals surface area contributed by atoms with E-state index in [-0.39, 0.29) is 12.3 Å². The van der Waals surface area contributed by atoms with Gasteiger partial charge < -0.3 is 9.84 Å². The van der Waals surface area contributed by atoms with Gasteiger partial charge in [-0.1, -0.05) is 53.3 Å². The zero-order chi connectivity index (χ0) is 14.5. The summed E-state index contributed by atoms with van der Waals surface area (Å²) >= 11 is 3.46. The van der Waals surface area contributed by atoms with Crippen LogP contribution >= 0.6 is 15.9 Å². The molecule has 0 radical (unpaired) electrons. The number of hydrogen-bond donors (Lipinski definition) is 1. The summed E-state index contributed by atoms with van der Waals surface area (Å²) in [5.74, 6) is 0.858. The van der Waals surface area contributed by atoms with Gasteiger partial charge in [-0.05, 0) is 35.4 Å². The first kappa shape index (κ1) is 15.3. The quantitative estimate of drug-likeness (QED) is 0.823. The molecule has 2 nitrogen and oxygen atoms in total. The number of aliphatic hydroxyl groups is 1. The van der Waals surface area contributed by atoms with E-state index in [0.29, 0.717) is 0 Å². The maximum atomic E-state index is 9.06. The molecule has 2 rings (SSSR count). The molecule has 1 N–H and O–H groups in total. The largest absolute Gasteiger partial charge is 0.490 e. The Kier molecular flexibility index (Phi) is 5.40. The highest BCUT2D eigenvalue weighted by Crippen LogP contribution is 2.26. The average molecular weight is 351 g/mol. The van der Waals surface area contributed by atoms with Gasteiger partial charge in [0.25, 0.3) is 0 Å². The van der Waals surface area contributed by atoms with Crippen molar-refractivity contribution in [3.05, 3.63) is 64.1 Å². The van der Waals surface area contributed by atoms with Gasteiger partial charge in [0.1, 0.15) is 11.5 Å². The van der Waals surface area contributed by atoms with Crippen LogP contribution in [0, 0.1) is 0 Å². The summed E-state index contributed by atoms with van der Waals surface area (Å²) in [7, 11) is -1.00. The Bertz CT molecular complexity index is 537. The first-order valence-electron chi connectivity index (χ1n) is 6.72. The predicted molar refractivity (Wildman–Crippen MR) is 88.8 cm³/mol. The standard InChI is InChI=1S/C16H19BrO2Si/c1-20(2)16(13-5-7-14(17)8-6-13)19-15-9-3-12(11-18)4-10-15/h3-10,16,18,20H,11H2,1-2H3. The van der Waals surface area contributed by atoms with E-state index in [1.807, 2.05) is 24.3 Å². The molecular weight excluding hydrogens is 332 g/mol. The third-order valence-electron chi connectivity index (χ3n) is 3.17. The minimum atomic E-state index is -1.00. The molecule has 0 bridgehead atoms. The molecule has 0 aliphatic rings. The molecule has 0 aromatic heterocycles. The van der Waals surface area contributed by atoms with Crippen LogP contribution in [0.2, 0.25) is 13.1 Å². The summed E-state index contributed by atoms with van der Waals surface area (Å²) in [6, 6.07) is 16.0. The zero-order valence-electron chi connectivity index (χ0n) is 11.7. The van der Waals surface area contributed by atoms with Crippen molar-refractivity contribution in [3.8, 4) is 5.75 Å². The van der Waals surface area contributed by atoms with Gasteiger partial charge in [-0.15, -0.1) is 0 Å². The minimum absolute atomic E-state index is 0.0648. The van der Waals surface area contributed by atoms with Crippen LogP contribution < -0.4 is 4.74 Å². The van der Waals surface area contributed by atoms with Crippen LogP contribution in [-0.2, 0) is 6.61 Å². The van der Waals surface area contributed by atoms with Crippen molar-refractivity contribution >= 4 is 24.7 Å². The summed E-state index contributed by atoms with van der Waals surface area (Å²) in [5.41, 5.74) is 2.28. The number of hydrogen-bond acceptors (Lipinski definition) is 2. The van der Waals surface area contributed by atoms with E-state index in [1.54, 1.807) is 0 Å². The van der Waals surface area contributed by atoms with Crippen LogP contribution in [0.15, 0.2) is 53.0 Å². The van der Waals surface area contributed by atoms with E-state index in [2.05, 4.69) is 53.3 Å². The highest BCUT2D eigenvalue weighted by atomic mass is 79.9. The van der Waals surface area contributed by atoms with Gasteiger partial charge in [-0.3, -0.25) is 0 Å². The van der Waals surface area contributed by atoms with Crippen molar-refractivity contribution < 1.29 is 9.84 Å². The molecule has 0 heterocycles. The predicted octanol–water partition coefficient (Wildman–Crippen LogP) is 4.09. The monoisotopic (exact) mass is 350 g/mol. The average Bonchev–Trinajstić information content (AvgIpc) is 2.46. The van der Waals surface area contributed by atoms with Gasteiger partial charge in [-0.25, -0.2) is 0 Å². The summed E-state index contributed by atoms with van der Waals surface area (Å²) in [4.78, 5) is 0. The maximum Gasteiger partial charge on any atom is 0.119 e. The minimum Gasteiger partial charge on any atom is -0.490 e. The Morgan fingerprint density at radius 2 is 1.65 bits per heavy atom. The Morgan fingerprint density at radius 1 is 1.05 bits per heavy atom. The number of halogens is 1. The molecule has 4 heteroatoms. The third-order valence-corrected chi connectivity index (χ3v) is 5.43. The van der Waals surface area contributed by atoms with Crippen molar-refractivity contribution in [1.29, 1.82) is 0 Å². The van der Waals surface area contributed by atoms with Crippen LogP contribution in [0.4, 0.5) is 0 Å². The lowest BCUT2D eigenvalue weighted by molar-refractivity contribution is 0.276. The van der Waals surface area contributed by atoms with E-state index in [0.717, 1.165) is 15.8 Å².